The Bertz CT molecular complexity index is 161. The van der Waals surface area contributed by atoms with E-state index in [9.17, 15) is 4.79 Å². The molecule has 0 saturated carbocycles. The summed E-state index contributed by atoms with van der Waals surface area (Å²) in [5.41, 5.74) is 0. The maximum Gasteiger partial charge on any atom is 0.306 e. The van der Waals surface area contributed by atoms with Gasteiger partial charge in [-0.3, -0.25) is 4.79 Å². The fourth-order valence-corrected chi connectivity index (χ4v) is 1.11. The van der Waals surface area contributed by atoms with E-state index in [-0.39, 0.29) is 18.5 Å². The molecule has 0 aromatic rings. The Hall–Kier alpha value is -0.790. The fraction of sp³-hybridized carbons (Fsp3) is 0.556. The van der Waals surface area contributed by atoms with Crippen molar-refractivity contribution in [3.8, 4) is 0 Å². The number of hydrogen-bond donors (Lipinski definition) is 0. The summed E-state index contributed by atoms with van der Waals surface area (Å²) in [6, 6.07) is 0. The van der Waals surface area contributed by atoms with Gasteiger partial charge in [0, 0.05) is 6.42 Å². The van der Waals surface area contributed by atoms with Gasteiger partial charge >= 0.3 is 5.97 Å². The van der Waals surface area contributed by atoms with Crippen molar-refractivity contribution in [3.63, 3.8) is 0 Å². The lowest BCUT2D eigenvalue weighted by Crippen LogP contribution is -2.16. The number of carbonyl (C=O) groups is 1. The van der Waals surface area contributed by atoms with Crippen LogP contribution in [0.1, 0.15) is 25.7 Å². The zero-order valence-corrected chi connectivity index (χ0v) is 6.58. The average molecular weight is 153 g/mol. The zero-order chi connectivity index (χ0) is 8.10. The van der Waals surface area contributed by atoms with Gasteiger partial charge in [0.2, 0.25) is 0 Å². The van der Waals surface area contributed by atoms with Crippen LogP contribution in [0.25, 0.3) is 0 Å². The summed E-state index contributed by atoms with van der Waals surface area (Å²) in [7, 11) is 0. The van der Waals surface area contributed by atoms with Crippen LogP contribution in [-0.4, -0.2) is 12.1 Å². The van der Waals surface area contributed by atoms with Gasteiger partial charge in [0.15, 0.2) is 0 Å². The van der Waals surface area contributed by atoms with Gasteiger partial charge in [0.25, 0.3) is 0 Å². The molecule has 0 N–H and O–H groups in total. The van der Waals surface area contributed by atoms with Crippen molar-refractivity contribution < 1.29 is 9.53 Å². The molecule has 0 aliphatic heterocycles. The minimum atomic E-state index is -0.207. The largest absolute Gasteiger partial charge is 0.458 e. The lowest BCUT2D eigenvalue weighted by atomic mass is 10.1. The highest BCUT2D eigenvalue weighted by Crippen LogP contribution is 2.13. The van der Waals surface area contributed by atoms with Gasteiger partial charge in [-0.1, -0.05) is 6.08 Å². The van der Waals surface area contributed by atoms with Crippen LogP contribution in [0.15, 0.2) is 12.2 Å². The van der Waals surface area contributed by atoms with Gasteiger partial charge in [-0.25, -0.2) is 0 Å². The molecular weight excluding hydrogens is 140 g/mol. The Morgan fingerprint density at radius 2 is 2.55 bits per heavy atom. The summed E-state index contributed by atoms with van der Waals surface area (Å²) in [6.45, 7) is 3.45. The second-order valence-corrected chi connectivity index (χ2v) is 2.64. The van der Waals surface area contributed by atoms with E-state index < -0.39 is 0 Å². The second kappa shape index (κ2) is 4.16. The van der Waals surface area contributed by atoms with E-state index in [2.05, 4.69) is 13.0 Å². The molecule has 11 heavy (non-hydrogen) atoms. The number of esters is 1. The molecule has 1 radical (unpaired) electrons. The van der Waals surface area contributed by atoms with Gasteiger partial charge in [-0.15, -0.1) is 0 Å². The Balaban J connectivity index is 2.30. The summed E-state index contributed by atoms with van der Waals surface area (Å²) in [5, 5.41) is 0. The normalized spacial score (nSPS) is 23.2. The third-order valence-electron chi connectivity index (χ3n) is 1.70. The SMILES string of the molecule is [CH2]CC(=O)OC1C=CCCC1. The van der Waals surface area contributed by atoms with Crippen LogP contribution in [0.3, 0.4) is 0 Å². The van der Waals surface area contributed by atoms with Crippen LogP contribution in [0.5, 0.6) is 0 Å². The van der Waals surface area contributed by atoms with Gasteiger partial charge in [-0.05, 0) is 32.3 Å². The predicted octanol–water partition coefficient (Wildman–Crippen LogP) is 1.86. The molecule has 0 heterocycles. The van der Waals surface area contributed by atoms with Gasteiger partial charge in [0.05, 0.1) is 0 Å². The number of hydrogen-bond acceptors (Lipinski definition) is 2. The van der Waals surface area contributed by atoms with Gasteiger partial charge in [0.1, 0.15) is 6.10 Å². The maximum atomic E-state index is 10.8. The molecule has 1 aliphatic rings. The number of allylic oxidation sites excluding steroid dienone is 1. The van der Waals surface area contributed by atoms with Crippen molar-refractivity contribution in [2.45, 2.75) is 31.8 Å². The summed E-state index contributed by atoms with van der Waals surface area (Å²) in [6.07, 6.45) is 7.44. The van der Waals surface area contributed by atoms with Crippen LogP contribution >= 0.6 is 0 Å². The van der Waals surface area contributed by atoms with E-state index in [4.69, 9.17) is 4.74 Å². The summed E-state index contributed by atoms with van der Waals surface area (Å²) in [4.78, 5) is 10.8. The standard InChI is InChI=1S/C9H13O2/c1-2-9(10)11-8-6-4-3-5-7-8/h4,6,8H,1-3,5,7H2. The van der Waals surface area contributed by atoms with E-state index in [1.807, 2.05) is 6.08 Å². The van der Waals surface area contributed by atoms with Gasteiger partial charge < -0.3 is 4.74 Å². The fourth-order valence-electron chi connectivity index (χ4n) is 1.11. The number of ether oxygens (including phenoxy) is 1. The molecule has 1 aliphatic carbocycles. The van der Waals surface area contributed by atoms with E-state index in [1.165, 1.54) is 0 Å². The van der Waals surface area contributed by atoms with Crippen LogP contribution in [-0.2, 0) is 9.53 Å². The Labute approximate surface area is 67.2 Å². The summed E-state index contributed by atoms with van der Waals surface area (Å²) in [5.74, 6) is -0.207. The molecule has 0 amide bonds. The first-order valence-corrected chi connectivity index (χ1v) is 3.98. The molecule has 1 rings (SSSR count). The molecule has 1 atom stereocenters. The third-order valence-corrected chi connectivity index (χ3v) is 1.70. The highest BCUT2D eigenvalue weighted by molar-refractivity contribution is 5.70. The van der Waals surface area contributed by atoms with E-state index in [0.717, 1.165) is 19.3 Å². The lowest BCUT2D eigenvalue weighted by molar-refractivity contribution is -0.146. The highest BCUT2D eigenvalue weighted by Gasteiger charge is 2.11. The molecule has 0 fully saturated rings. The summed E-state index contributed by atoms with van der Waals surface area (Å²) < 4.78 is 5.05. The molecular formula is C9H13O2. The molecule has 0 saturated heterocycles. The van der Waals surface area contributed by atoms with Crippen LogP contribution in [0.4, 0.5) is 0 Å². The summed E-state index contributed by atoms with van der Waals surface area (Å²) >= 11 is 0. The van der Waals surface area contributed by atoms with Gasteiger partial charge in [-0.2, -0.15) is 0 Å². The minimum Gasteiger partial charge on any atom is -0.458 e. The lowest BCUT2D eigenvalue weighted by Gasteiger charge is -2.16. The predicted molar refractivity (Wildman–Crippen MR) is 42.8 cm³/mol. The van der Waals surface area contributed by atoms with E-state index in [1.54, 1.807) is 0 Å². The third kappa shape index (κ3) is 2.74. The first kappa shape index (κ1) is 8.31. The Morgan fingerprint density at radius 3 is 3.09 bits per heavy atom. The molecule has 0 bridgehead atoms. The van der Waals surface area contributed by atoms with Crippen LogP contribution in [0.2, 0.25) is 0 Å². The van der Waals surface area contributed by atoms with Crippen molar-refractivity contribution in [2.75, 3.05) is 0 Å². The molecule has 0 aromatic carbocycles. The minimum absolute atomic E-state index is 0.0120. The first-order valence-electron chi connectivity index (χ1n) is 3.98. The Kier molecular flexibility index (Phi) is 3.14. The monoisotopic (exact) mass is 153 g/mol. The number of carbonyl (C=O) groups excluding carboxylic acids is 1. The molecule has 0 aromatic heterocycles. The Morgan fingerprint density at radius 1 is 1.73 bits per heavy atom. The van der Waals surface area contributed by atoms with Crippen LogP contribution < -0.4 is 0 Å². The quantitative estimate of drug-likeness (QED) is 0.447. The molecule has 2 nitrogen and oxygen atoms in total. The van der Waals surface area contributed by atoms with Crippen molar-refractivity contribution in [3.05, 3.63) is 19.1 Å². The van der Waals surface area contributed by atoms with Crippen molar-refractivity contribution in [2.24, 2.45) is 0 Å². The van der Waals surface area contributed by atoms with Crippen molar-refractivity contribution >= 4 is 5.97 Å². The molecule has 0 spiro atoms. The second-order valence-electron chi connectivity index (χ2n) is 2.64. The van der Waals surface area contributed by atoms with E-state index >= 15 is 0 Å². The molecule has 2 heteroatoms. The zero-order valence-electron chi connectivity index (χ0n) is 6.58. The average Bonchev–Trinajstić information content (AvgIpc) is 2.06. The van der Waals surface area contributed by atoms with Crippen LogP contribution in [0, 0.1) is 6.92 Å². The molecule has 61 valence electrons. The number of rotatable bonds is 2. The topological polar surface area (TPSA) is 26.3 Å². The van der Waals surface area contributed by atoms with E-state index in [0.29, 0.717) is 0 Å². The molecule has 1 unspecified atom stereocenters. The highest BCUT2D eigenvalue weighted by atomic mass is 16.5. The van der Waals surface area contributed by atoms with Crippen molar-refractivity contribution in [1.29, 1.82) is 0 Å². The van der Waals surface area contributed by atoms with Crippen molar-refractivity contribution in [1.82, 2.24) is 0 Å². The smallest absolute Gasteiger partial charge is 0.306 e. The maximum absolute atomic E-state index is 10.8. The first-order chi connectivity index (χ1) is 5.33.